The van der Waals surface area contributed by atoms with E-state index in [0.29, 0.717) is 28.0 Å². The van der Waals surface area contributed by atoms with Crippen LogP contribution in [0, 0.1) is 11.8 Å². The fourth-order valence-electron chi connectivity index (χ4n) is 3.93. The average Bonchev–Trinajstić information content (AvgIpc) is 3.08. The third kappa shape index (κ3) is 4.00. The van der Waals surface area contributed by atoms with E-state index >= 15 is 0 Å². The van der Waals surface area contributed by atoms with Gasteiger partial charge in [-0.25, -0.2) is 10.0 Å². The van der Waals surface area contributed by atoms with E-state index in [-0.39, 0.29) is 17.6 Å². The van der Waals surface area contributed by atoms with Crippen molar-refractivity contribution in [2.45, 2.75) is 39.8 Å². The van der Waals surface area contributed by atoms with Crippen LogP contribution in [0.25, 0.3) is 0 Å². The van der Waals surface area contributed by atoms with Crippen LogP contribution >= 0.6 is 23.2 Å². The number of aromatic nitrogens is 1. The molecule has 31 heavy (non-hydrogen) atoms. The number of aromatic hydroxyl groups is 1. The van der Waals surface area contributed by atoms with E-state index in [4.69, 9.17) is 33.3 Å². The van der Waals surface area contributed by atoms with Crippen molar-refractivity contribution < 1.29 is 9.90 Å². The summed E-state index contributed by atoms with van der Waals surface area (Å²) in [6.45, 7) is 5.95. The van der Waals surface area contributed by atoms with Crippen molar-refractivity contribution >= 4 is 46.3 Å². The van der Waals surface area contributed by atoms with Gasteiger partial charge in [0.15, 0.2) is 6.17 Å². The van der Waals surface area contributed by atoms with Crippen LogP contribution in [0.5, 0.6) is 5.75 Å². The number of halogens is 2. The Balaban J connectivity index is 1.72. The number of phenolic OH excluding ortho intramolecular Hbond substituents is 1. The van der Waals surface area contributed by atoms with Crippen molar-refractivity contribution in [2.75, 3.05) is 5.01 Å². The molecule has 0 saturated carbocycles. The number of aryl methyl sites for hydroxylation is 1. The number of rotatable bonds is 5. The first-order chi connectivity index (χ1) is 14.8. The van der Waals surface area contributed by atoms with Crippen LogP contribution in [-0.2, 0) is 17.6 Å². The number of aliphatic imine (C=N–C) groups is 1. The third-order valence-corrected chi connectivity index (χ3v) is 6.03. The second-order valence-corrected chi connectivity index (χ2v) is 8.74. The number of carbonyl (C=O) groups excluding carboxylic acids is 1. The van der Waals surface area contributed by atoms with E-state index in [0.717, 1.165) is 23.3 Å². The van der Waals surface area contributed by atoms with Crippen LogP contribution in [0.1, 0.15) is 31.9 Å². The highest BCUT2D eigenvalue weighted by Crippen LogP contribution is 2.40. The lowest BCUT2D eigenvalue weighted by Crippen LogP contribution is -2.51. The number of phenols is 1. The summed E-state index contributed by atoms with van der Waals surface area (Å²) < 4.78 is 0. The Morgan fingerprint density at radius 2 is 1.94 bits per heavy atom. The molecule has 0 fully saturated rings. The number of fused-ring (bicyclic) bond motifs is 1. The Morgan fingerprint density at radius 3 is 2.55 bits per heavy atom. The van der Waals surface area contributed by atoms with Crippen LogP contribution in [0.3, 0.4) is 0 Å². The molecule has 0 saturated heterocycles. The van der Waals surface area contributed by atoms with Crippen molar-refractivity contribution in [3.8, 4) is 5.75 Å². The predicted octanol–water partition coefficient (Wildman–Crippen LogP) is 4.20. The molecule has 2 aliphatic heterocycles. The summed E-state index contributed by atoms with van der Waals surface area (Å²) in [5, 5.41) is 20.1. The molecule has 1 aromatic carbocycles. The maximum Gasteiger partial charge on any atom is 0.238 e. The molecule has 0 radical (unpaired) electrons. The molecular weight excluding hydrogens is 437 g/mol. The molecule has 2 N–H and O–H groups in total. The van der Waals surface area contributed by atoms with Gasteiger partial charge in [0.05, 0.1) is 15.8 Å². The second kappa shape index (κ2) is 8.48. The average molecular weight is 460 g/mol. The summed E-state index contributed by atoms with van der Waals surface area (Å²) in [6.07, 6.45) is 3.50. The summed E-state index contributed by atoms with van der Waals surface area (Å²) in [5.41, 5.74) is 2.92. The lowest BCUT2D eigenvalue weighted by molar-refractivity contribution is -0.122. The van der Waals surface area contributed by atoms with Gasteiger partial charge in [-0.2, -0.15) is 5.10 Å². The summed E-state index contributed by atoms with van der Waals surface area (Å²) >= 11 is 12.8. The summed E-state index contributed by atoms with van der Waals surface area (Å²) in [5.74, 6) is 0.0729. The Labute approximate surface area is 190 Å². The van der Waals surface area contributed by atoms with Gasteiger partial charge in [0.25, 0.3) is 0 Å². The zero-order chi connectivity index (χ0) is 22.3. The fourth-order valence-corrected chi connectivity index (χ4v) is 4.47. The minimum Gasteiger partial charge on any atom is -0.508 e. The quantitative estimate of drug-likeness (QED) is 0.700. The first-order valence-corrected chi connectivity index (χ1v) is 10.9. The van der Waals surface area contributed by atoms with Gasteiger partial charge < -0.3 is 10.4 Å². The topological polar surface area (TPSA) is 90.2 Å². The normalized spacial score (nSPS) is 20.5. The fraction of sp³-hybridized carbons (Fsp3) is 0.364. The zero-order valence-electron chi connectivity index (χ0n) is 17.4. The lowest BCUT2D eigenvalue weighted by atomic mass is 9.90. The van der Waals surface area contributed by atoms with Crippen molar-refractivity contribution in [1.82, 2.24) is 10.3 Å². The molecule has 2 aliphatic rings. The van der Waals surface area contributed by atoms with Gasteiger partial charge in [-0.1, -0.05) is 56.1 Å². The van der Waals surface area contributed by atoms with E-state index in [2.05, 4.69) is 10.3 Å². The summed E-state index contributed by atoms with van der Waals surface area (Å²) in [4.78, 5) is 21.9. The van der Waals surface area contributed by atoms with Crippen molar-refractivity contribution in [3.05, 3.63) is 51.8 Å². The molecular formula is C22H23Cl2N5O2. The number of hydrazone groups is 1. The number of hydrogen-bond donors (Lipinski definition) is 2. The highest BCUT2D eigenvalue weighted by atomic mass is 35.5. The van der Waals surface area contributed by atoms with Crippen LogP contribution in [-0.4, -0.2) is 33.7 Å². The molecule has 1 amide bonds. The maximum atomic E-state index is 13.1. The van der Waals surface area contributed by atoms with Gasteiger partial charge >= 0.3 is 0 Å². The summed E-state index contributed by atoms with van der Waals surface area (Å²) in [6, 6.07) is 5.52. The Hall–Kier alpha value is -2.64. The van der Waals surface area contributed by atoms with Gasteiger partial charge in [-0.3, -0.25) is 9.78 Å². The Bertz CT molecular complexity index is 1080. The Morgan fingerprint density at radius 1 is 1.23 bits per heavy atom. The molecule has 0 bridgehead atoms. The minimum atomic E-state index is -0.595. The van der Waals surface area contributed by atoms with E-state index in [1.54, 1.807) is 11.1 Å². The number of pyridine rings is 1. The van der Waals surface area contributed by atoms with Gasteiger partial charge in [-0.15, -0.1) is 0 Å². The molecule has 7 nitrogen and oxygen atoms in total. The lowest BCUT2D eigenvalue weighted by Gasteiger charge is -2.30. The predicted molar refractivity (Wildman–Crippen MR) is 123 cm³/mol. The number of benzene rings is 1. The molecule has 0 aliphatic carbocycles. The highest BCUT2D eigenvalue weighted by molar-refractivity contribution is 6.39. The van der Waals surface area contributed by atoms with Crippen LogP contribution in [0.4, 0.5) is 5.69 Å². The molecule has 2 unspecified atom stereocenters. The number of nitrogens with zero attached hydrogens (tertiary/aromatic N) is 4. The smallest absolute Gasteiger partial charge is 0.238 e. The number of nitrogens with one attached hydrogen (secondary N) is 1. The van der Waals surface area contributed by atoms with E-state index in [1.165, 1.54) is 12.4 Å². The van der Waals surface area contributed by atoms with Gasteiger partial charge in [0.2, 0.25) is 5.91 Å². The number of carbonyl (C=O) groups is 1. The molecule has 3 heterocycles. The molecule has 2 atom stereocenters. The number of amides is 1. The molecule has 162 valence electrons. The molecule has 0 spiro atoms. The largest absolute Gasteiger partial charge is 0.508 e. The van der Waals surface area contributed by atoms with Gasteiger partial charge in [-0.05, 0) is 29.5 Å². The van der Waals surface area contributed by atoms with E-state index in [9.17, 15) is 9.90 Å². The SMILES string of the molecule is CCc1ccc(CC2=NC3C(C(=O)N2)C(C(C)C)=NN3c2c(Cl)cncc2Cl)cc1O. The number of hydrogen-bond acceptors (Lipinski definition) is 6. The van der Waals surface area contributed by atoms with Gasteiger partial charge in [0.1, 0.15) is 23.2 Å². The number of anilines is 1. The van der Waals surface area contributed by atoms with E-state index < -0.39 is 12.1 Å². The first kappa shape index (κ1) is 21.6. The van der Waals surface area contributed by atoms with E-state index in [1.807, 2.05) is 32.9 Å². The van der Waals surface area contributed by atoms with Crippen LogP contribution in [0.2, 0.25) is 10.0 Å². The van der Waals surface area contributed by atoms with Crippen molar-refractivity contribution in [1.29, 1.82) is 0 Å². The Kier molecular flexibility index (Phi) is 5.90. The molecule has 2 aromatic rings. The second-order valence-electron chi connectivity index (χ2n) is 7.93. The minimum absolute atomic E-state index is 0.0397. The molecule has 4 rings (SSSR count). The molecule has 9 heteroatoms. The molecule has 1 aromatic heterocycles. The third-order valence-electron chi connectivity index (χ3n) is 5.48. The standard InChI is InChI=1S/C22H23Cl2N5O2/c1-4-13-6-5-12(7-16(13)30)8-17-26-21-18(22(31)27-17)19(11(2)3)28-29(21)20-14(23)9-25-10-15(20)24/h5-7,9-11,18,21,30H,4,8H2,1-3H3,(H,26,27,31). The van der Waals surface area contributed by atoms with Crippen LogP contribution < -0.4 is 10.3 Å². The summed E-state index contributed by atoms with van der Waals surface area (Å²) in [7, 11) is 0. The zero-order valence-corrected chi connectivity index (χ0v) is 18.9. The highest BCUT2D eigenvalue weighted by Gasteiger charge is 2.47. The van der Waals surface area contributed by atoms with Crippen molar-refractivity contribution in [3.63, 3.8) is 0 Å². The monoisotopic (exact) mass is 459 g/mol. The number of amidine groups is 1. The van der Waals surface area contributed by atoms with Gasteiger partial charge in [0, 0.05) is 18.8 Å². The maximum absolute atomic E-state index is 13.1. The van der Waals surface area contributed by atoms with Crippen molar-refractivity contribution in [2.24, 2.45) is 21.9 Å². The first-order valence-electron chi connectivity index (χ1n) is 10.1. The van der Waals surface area contributed by atoms with Crippen LogP contribution in [0.15, 0.2) is 40.7 Å².